The van der Waals surface area contributed by atoms with Crippen molar-refractivity contribution in [3.63, 3.8) is 0 Å². The quantitative estimate of drug-likeness (QED) is 0.417. The fourth-order valence-corrected chi connectivity index (χ4v) is 4.24. The Labute approximate surface area is 178 Å². The molecular formula is C26H30O4. The molecule has 0 radical (unpaired) electrons. The van der Waals surface area contributed by atoms with Gasteiger partial charge in [0.2, 0.25) is 0 Å². The van der Waals surface area contributed by atoms with Crippen LogP contribution in [0.1, 0.15) is 56.0 Å². The molecule has 4 N–H and O–H groups in total. The van der Waals surface area contributed by atoms with E-state index in [2.05, 4.69) is 0 Å². The third kappa shape index (κ3) is 3.70. The topological polar surface area (TPSA) is 80.9 Å². The molecule has 0 spiro atoms. The standard InChI is InChI=1S/C26H30O4/c1-13-9-20(15(3)17(5)25(13)29)22(11-19-7-8-23(27)24(28)12-19)21-10-14(2)26(30)18(6)16(21)4/h7-10,12,22,27-30H,11H2,1-6H3. The molecule has 0 aliphatic rings. The van der Waals surface area contributed by atoms with Gasteiger partial charge >= 0.3 is 0 Å². The van der Waals surface area contributed by atoms with E-state index in [0.717, 1.165) is 50.1 Å². The van der Waals surface area contributed by atoms with Gasteiger partial charge in [0.15, 0.2) is 11.5 Å². The Morgan fingerprint density at radius 2 is 1.07 bits per heavy atom. The minimum atomic E-state index is -0.143. The largest absolute Gasteiger partial charge is 0.507 e. The molecule has 30 heavy (non-hydrogen) atoms. The second-order valence-electron chi connectivity index (χ2n) is 8.34. The summed E-state index contributed by atoms with van der Waals surface area (Å²) >= 11 is 0. The van der Waals surface area contributed by atoms with Crippen LogP contribution in [0.5, 0.6) is 23.0 Å². The van der Waals surface area contributed by atoms with Crippen molar-refractivity contribution < 1.29 is 20.4 Å². The molecule has 3 rings (SSSR count). The molecule has 0 saturated carbocycles. The molecule has 0 fully saturated rings. The highest BCUT2D eigenvalue weighted by molar-refractivity contribution is 5.56. The highest BCUT2D eigenvalue weighted by Gasteiger charge is 2.24. The predicted octanol–water partition coefficient (Wildman–Crippen LogP) is 5.73. The van der Waals surface area contributed by atoms with Crippen LogP contribution < -0.4 is 0 Å². The smallest absolute Gasteiger partial charge is 0.157 e. The molecule has 0 amide bonds. The van der Waals surface area contributed by atoms with Gasteiger partial charge in [-0.1, -0.05) is 18.2 Å². The molecule has 4 heteroatoms. The predicted molar refractivity (Wildman–Crippen MR) is 120 cm³/mol. The van der Waals surface area contributed by atoms with Crippen LogP contribution in [-0.2, 0) is 6.42 Å². The number of aromatic hydroxyl groups is 4. The van der Waals surface area contributed by atoms with E-state index in [9.17, 15) is 20.4 Å². The third-order valence-corrected chi connectivity index (χ3v) is 6.42. The number of aryl methyl sites for hydroxylation is 2. The van der Waals surface area contributed by atoms with Gasteiger partial charge in [0.25, 0.3) is 0 Å². The lowest BCUT2D eigenvalue weighted by Gasteiger charge is -2.26. The summed E-state index contributed by atoms with van der Waals surface area (Å²) in [6.07, 6.45) is 0.600. The van der Waals surface area contributed by atoms with Crippen LogP contribution >= 0.6 is 0 Å². The Kier molecular flexibility index (Phi) is 5.71. The summed E-state index contributed by atoms with van der Waals surface area (Å²) in [6.45, 7) is 11.7. The summed E-state index contributed by atoms with van der Waals surface area (Å²) in [5.74, 6) is 0.287. The van der Waals surface area contributed by atoms with Gasteiger partial charge in [-0.3, -0.25) is 0 Å². The number of phenolic OH excluding ortho intramolecular Hbond substituents is 4. The lowest BCUT2D eigenvalue weighted by Crippen LogP contribution is -2.11. The first kappa shape index (κ1) is 21.6. The van der Waals surface area contributed by atoms with Gasteiger partial charge in [-0.25, -0.2) is 0 Å². The van der Waals surface area contributed by atoms with Gasteiger partial charge in [-0.2, -0.15) is 0 Å². The maximum Gasteiger partial charge on any atom is 0.157 e. The van der Waals surface area contributed by atoms with E-state index in [-0.39, 0.29) is 17.4 Å². The van der Waals surface area contributed by atoms with Crippen molar-refractivity contribution in [3.8, 4) is 23.0 Å². The SMILES string of the molecule is Cc1cc(C(Cc2ccc(O)c(O)c2)c2cc(C)c(O)c(C)c2C)c(C)c(C)c1O. The second-order valence-corrected chi connectivity index (χ2v) is 8.34. The monoisotopic (exact) mass is 406 g/mol. The maximum atomic E-state index is 10.4. The average Bonchev–Trinajstić information content (AvgIpc) is 2.71. The molecule has 0 aromatic heterocycles. The van der Waals surface area contributed by atoms with Crippen molar-refractivity contribution in [3.05, 3.63) is 80.4 Å². The van der Waals surface area contributed by atoms with Crippen molar-refractivity contribution in [1.82, 2.24) is 0 Å². The summed E-state index contributed by atoms with van der Waals surface area (Å²) in [6, 6.07) is 8.96. The van der Waals surface area contributed by atoms with Crippen LogP contribution in [0.15, 0.2) is 30.3 Å². The normalized spacial score (nSPS) is 11.3. The zero-order chi connectivity index (χ0) is 22.3. The summed E-state index contributed by atoms with van der Waals surface area (Å²) in [7, 11) is 0. The molecule has 0 aliphatic carbocycles. The zero-order valence-corrected chi connectivity index (χ0v) is 18.5. The fourth-order valence-electron chi connectivity index (χ4n) is 4.24. The van der Waals surface area contributed by atoms with Gasteiger partial charge in [0.05, 0.1) is 0 Å². The molecular weight excluding hydrogens is 376 g/mol. The van der Waals surface area contributed by atoms with E-state index in [0.29, 0.717) is 17.9 Å². The van der Waals surface area contributed by atoms with E-state index in [1.807, 2.05) is 59.7 Å². The second kappa shape index (κ2) is 7.94. The van der Waals surface area contributed by atoms with Crippen molar-refractivity contribution in [2.45, 2.75) is 53.9 Å². The van der Waals surface area contributed by atoms with Gasteiger partial charge in [0, 0.05) is 5.92 Å². The summed E-state index contributed by atoms with van der Waals surface area (Å²) in [4.78, 5) is 0. The Bertz CT molecular complexity index is 1070. The lowest BCUT2D eigenvalue weighted by molar-refractivity contribution is 0.403. The van der Waals surface area contributed by atoms with Gasteiger partial charge in [-0.05, 0) is 110 Å². The van der Waals surface area contributed by atoms with Crippen LogP contribution in [0.4, 0.5) is 0 Å². The molecule has 4 nitrogen and oxygen atoms in total. The van der Waals surface area contributed by atoms with Gasteiger partial charge in [-0.15, -0.1) is 0 Å². The van der Waals surface area contributed by atoms with E-state index in [4.69, 9.17) is 0 Å². The minimum absolute atomic E-state index is 0.0510. The molecule has 0 aliphatic heterocycles. The Balaban J connectivity index is 2.27. The first-order valence-electron chi connectivity index (χ1n) is 10.1. The molecule has 0 atom stereocenters. The van der Waals surface area contributed by atoms with Gasteiger partial charge < -0.3 is 20.4 Å². The Morgan fingerprint density at radius 3 is 1.50 bits per heavy atom. The molecule has 0 bridgehead atoms. The van der Waals surface area contributed by atoms with Crippen LogP contribution in [-0.4, -0.2) is 20.4 Å². The molecule has 3 aromatic rings. The maximum absolute atomic E-state index is 10.4. The van der Waals surface area contributed by atoms with Crippen molar-refractivity contribution >= 4 is 0 Å². The average molecular weight is 407 g/mol. The van der Waals surface area contributed by atoms with Crippen LogP contribution in [0.25, 0.3) is 0 Å². The number of rotatable bonds is 4. The number of phenols is 4. The summed E-state index contributed by atoms with van der Waals surface area (Å²) in [5.41, 5.74) is 8.48. The van der Waals surface area contributed by atoms with E-state index >= 15 is 0 Å². The van der Waals surface area contributed by atoms with Crippen LogP contribution in [0, 0.1) is 41.5 Å². The first-order valence-corrected chi connectivity index (χ1v) is 10.1. The fraction of sp³-hybridized carbons (Fsp3) is 0.308. The van der Waals surface area contributed by atoms with Gasteiger partial charge in [0.1, 0.15) is 11.5 Å². The third-order valence-electron chi connectivity index (χ3n) is 6.42. The highest BCUT2D eigenvalue weighted by atomic mass is 16.3. The summed E-state index contributed by atoms with van der Waals surface area (Å²) in [5, 5.41) is 40.5. The van der Waals surface area contributed by atoms with E-state index in [1.165, 1.54) is 6.07 Å². The van der Waals surface area contributed by atoms with Crippen LogP contribution in [0.2, 0.25) is 0 Å². The van der Waals surface area contributed by atoms with Crippen molar-refractivity contribution in [2.24, 2.45) is 0 Å². The van der Waals surface area contributed by atoms with Crippen molar-refractivity contribution in [1.29, 1.82) is 0 Å². The first-order chi connectivity index (χ1) is 14.0. The summed E-state index contributed by atoms with van der Waals surface area (Å²) < 4.78 is 0. The van der Waals surface area contributed by atoms with Crippen LogP contribution in [0.3, 0.4) is 0 Å². The molecule has 158 valence electrons. The zero-order valence-electron chi connectivity index (χ0n) is 18.5. The molecule has 0 heterocycles. The highest BCUT2D eigenvalue weighted by Crippen LogP contribution is 2.41. The molecule has 0 unspecified atom stereocenters. The number of benzene rings is 3. The van der Waals surface area contributed by atoms with E-state index < -0.39 is 0 Å². The van der Waals surface area contributed by atoms with E-state index in [1.54, 1.807) is 6.07 Å². The number of hydrogen-bond donors (Lipinski definition) is 4. The number of hydrogen-bond acceptors (Lipinski definition) is 4. The minimum Gasteiger partial charge on any atom is -0.507 e. The molecule has 3 aromatic carbocycles. The molecule has 0 saturated heterocycles. The Morgan fingerprint density at radius 1 is 0.600 bits per heavy atom. The van der Waals surface area contributed by atoms with Crippen molar-refractivity contribution in [2.75, 3.05) is 0 Å². The lowest BCUT2D eigenvalue weighted by atomic mass is 9.79. The Hall–Kier alpha value is -3.14.